The summed E-state index contributed by atoms with van der Waals surface area (Å²) in [5.41, 5.74) is 4.75. The fourth-order valence-electron chi connectivity index (χ4n) is 4.49. The number of rotatable bonds is 9. The van der Waals surface area contributed by atoms with Crippen LogP contribution in [-0.2, 0) is 17.7 Å². The molecule has 0 N–H and O–H groups in total. The summed E-state index contributed by atoms with van der Waals surface area (Å²) in [5.74, 6) is 1.07. The van der Waals surface area contributed by atoms with Crippen molar-refractivity contribution in [2.45, 2.75) is 46.6 Å². The lowest BCUT2D eigenvalue weighted by Crippen LogP contribution is -2.10. The summed E-state index contributed by atoms with van der Waals surface area (Å²) >= 11 is 0. The van der Waals surface area contributed by atoms with Gasteiger partial charge in [-0.05, 0) is 63.8 Å². The van der Waals surface area contributed by atoms with E-state index in [1.54, 1.807) is 37.8 Å². The Labute approximate surface area is 214 Å². The lowest BCUT2D eigenvalue weighted by Gasteiger charge is -2.10. The van der Waals surface area contributed by atoms with E-state index >= 15 is 0 Å². The highest BCUT2D eigenvalue weighted by Gasteiger charge is 2.28. The van der Waals surface area contributed by atoms with Crippen molar-refractivity contribution in [1.82, 2.24) is 29.5 Å². The third-order valence-corrected chi connectivity index (χ3v) is 6.51. The largest absolute Gasteiger partial charge is 0.492 e. The van der Waals surface area contributed by atoms with Gasteiger partial charge >= 0.3 is 5.97 Å². The summed E-state index contributed by atoms with van der Waals surface area (Å²) < 4.78 is 28.2. The second kappa shape index (κ2) is 10.1. The molecule has 37 heavy (non-hydrogen) atoms. The molecule has 192 valence electrons. The standard InChI is InChI=1S/C27H29FN6O3/c1-5-37-27(35)24-16(2)31-34(17(24)3)23-13-21(29-15-30-23)12-22-26(36-4)25(19-8-10-20(28)11-9-19)32-33(22)14-18-6-7-18/h8-11,13,15,18H,5-7,12,14H2,1-4H3. The average molecular weight is 505 g/mol. The molecule has 0 bridgehead atoms. The van der Waals surface area contributed by atoms with Crippen molar-refractivity contribution in [2.75, 3.05) is 13.7 Å². The first-order valence-corrected chi connectivity index (χ1v) is 12.3. The zero-order chi connectivity index (χ0) is 26.1. The minimum Gasteiger partial charge on any atom is -0.492 e. The van der Waals surface area contributed by atoms with Gasteiger partial charge in [0.05, 0.1) is 36.5 Å². The quantitative estimate of drug-likeness (QED) is 0.310. The number of carbonyl (C=O) groups excluding carboxylic acids is 1. The van der Waals surface area contributed by atoms with Gasteiger partial charge in [-0.1, -0.05) is 0 Å². The van der Waals surface area contributed by atoms with Gasteiger partial charge in [0.2, 0.25) is 0 Å². The molecule has 0 atom stereocenters. The van der Waals surface area contributed by atoms with Crippen LogP contribution in [0.1, 0.15) is 52.9 Å². The van der Waals surface area contributed by atoms with Crippen molar-refractivity contribution in [3.63, 3.8) is 0 Å². The van der Waals surface area contributed by atoms with Crippen LogP contribution in [0.15, 0.2) is 36.7 Å². The number of nitrogens with zero attached hydrogens (tertiary/aromatic N) is 6. The van der Waals surface area contributed by atoms with Crippen molar-refractivity contribution < 1.29 is 18.7 Å². The first-order chi connectivity index (χ1) is 17.9. The number of ether oxygens (including phenoxy) is 2. The minimum absolute atomic E-state index is 0.289. The van der Waals surface area contributed by atoms with Crippen LogP contribution in [-0.4, -0.2) is 49.2 Å². The summed E-state index contributed by atoms with van der Waals surface area (Å²) in [6, 6.07) is 8.10. The molecule has 0 spiro atoms. The normalized spacial score (nSPS) is 13.1. The molecule has 1 aliphatic carbocycles. The Balaban J connectivity index is 1.52. The van der Waals surface area contributed by atoms with E-state index in [0.717, 1.165) is 23.5 Å². The number of esters is 1. The molecule has 4 aromatic rings. The third-order valence-electron chi connectivity index (χ3n) is 6.51. The van der Waals surface area contributed by atoms with E-state index in [-0.39, 0.29) is 12.4 Å². The number of aryl methyl sites for hydroxylation is 1. The fraction of sp³-hybridized carbons (Fsp3) is 0.370. The van der Waals surface area contributed by atoms with Gasteiger partial charge in [-0.3, -0.25) is 4.68 Å². The number of hydrogen-bond acceptors (Lipinski definition) is 7. The van der Waals surface area contributed by atoms with Crippen molar-refractivity contribution in [3.05, 3.63) is 70.8 Å². The second-order valence-electron chi connectivity index (χ2n) is 9.18. The Morgan fingerprint density at radius 2 is 1.89 bits per heavy atom. The molecule has 1 aliphatic rings. The Hall–Kier alpha value is -4.08. The number of hydrogen-bond donors (Lipinski definition) is 0. The van der Waals surface area contributed by atoms with Crippen LogP contribution in [0.5, 0.6) is 5.75 Å². The van der Waals surface area contributed by atoms with E-state index in [1.165, 1.54) is 31.3 Å². The molecular formula is C27H29FN6O3. The molecule has 0 aliphatic heterocycles. The summed E-state index contributed by atoms with van der Waals surface area (Å²) in [5, 5.41) is 9.39. The van der Waals surface area contributed by atoms with E-state index in [1.807, 2.05) is 17.7 Å². The predicted octanol–water partition coefficient (Wildman–Crippen LogP) is 4.47. The molecule has 9 nitrogen and oxygen atoms in total. The number of halogens is 1. The molecular weight excluding hydrogens is 475 g/mol. The van der Waals surface area contributed by atoms with Gasteiger partial charge in [0.1, 0.15) is 23.4 Å². The molecule has 3 heterocycles. The van der Waals surface area contributed by atoms with Gasteiger partial charge in [-0.15, -0.1) is 0 Å². The van der Waals surface area contributed by atoms with Crippen LogP contribution in [0.3, 0.4) is 0 Å². The smallest absolute Gasteiger partial charge is 0.341 e. The van der Waals surface area contributed by atoms with Crippen LogP contribution in [0.4, 0.5) is 4.39 Å². The van der Waals surface area contributed by atoms with Crippen LogP contribution >= 0.6 is 0 Å². The molecule has 0 amide bonds. The van der Waals surface area contributed by atoms with Gasteiger partial charge < -0.3 is 9.47 Å². The van der Waals surface area contributed by atoms with E-state index in [0.29, 0.717) is 46.6 Å². The molecule has 1 saturated carbocycles. The van der Waals surface area contributed by atoms with Crippen molar-refractivity contribution >= 4 is 5.97 Å². The Kier molecular flexibility index (Phi) is 6.73. The maximum Gasteiger partial charge on any atom is 0.341 e. The molecule has 10 heteroatoms. The monoisotopic (exact) mass is 504 g/mol. The number of aromatic nitrogens is 6. The summed E-state index contributed by atoms with van der Waals surface area (Å²) in [7, 11) is 1.62. The van der Waals surface area contributed by atoms with Crippen molar-refractivity contribution in [3.8, 4) is 22.8 Å². The second-order valence-corrected chi connectivity index (χ2v) is 9.18. The highest BCUT2D eigenvalue weighted by atomic mass is 19.1. The number of benzene rings is 1. The fourth-order valence-corrected chi connectivity index (χ4v) is 4.49. The van der Waals surface area contributed by atoms with E-state index in [9.17, 15) is 9.18 Å². The van der Waals surface area contributed by atoms with Gasteiger partial charge in [-0.2, -0.15) is 10.2 Å². The molecule has 1 fully saturated rings. The zero-order valence-electron chi connectivity index (χ0n) is 21.4. The van der Waals surface area contributed by atoms with E-state index < -0.39 is 5.97 Å². The van der Waals surface area contributed by atoms with Crippen molar-refractivity contribution in [1.29, 1.82) is 0 Å². The summed E-state index contributed by atoms with van der Waals surface area (Å²) in [4.78, 5) is 21.3. The lowest BCUT2D eigenvalue weighted by atomic mass is 10.1. The lowest BCUT2D eigenvalue weighted by molar-refractivity contribution is 0.0524. The Morgan fingerprint density at radius 1 is 1.14 bits per heavy atom. The van der Waals surface area contributed by atoms with Crippen molar-refractivity contribution in [2.24, 2.45) is 5.92 Å². The maximum atomic E-state index is 13.5. The maximum absolute atomic E-state index is 13.5. The zero-order valence-corrected chi connectivity index (χ0v) is 21.4. The average Bonchev–Trinajstić information content (AvgIpc) is 3.57. The van der Waals surface area contributed by atoms with Crippen LogP contribution in [0, 0.1) is 25.6 Å². The number of carbonyl (C=O) groups is 1. The SMILES string of the molecule is CCOC(=O)c1c(C)nn(-c2cc(Cc3c(OC)c(-c4ccc(F)cc4)nn3CC3CC3)ncn2)c1C. The third kappa shape index (κ3) is 4.96. The van der Waals surface area contributed by atoms with Gasteiger partial charge in [0.15, 0.2) is 11.6 Å². The molecule has 1 aromatic carbocycles. The molecule has 0 radical (unpaired) electrons. The number of methoxy groups -OCH3 is 1. The highest BCUT2D eigenvalue weighted by molar-refractivity contribution is 5.92. The Morgan fingerprint density at radius 3 is 2.57 bits per heavy atom. The van der Waals surface area contributed by atoms with Crippen LogP contribution in [0.2, 0.25) is 0 Å². The molecule has 0 saturated heterocycles. The van der Waals surface area contributed by atoms with Gasteiger partial charge in [0, 0.05) is 24.6 Å². The van der Waals surface area contributed by atoms with Gasteiger partial charge in [0.25, 0.3) is 0 Å². The van der Waals surface area contributed by atoms with E-state index in [2.05, 4.69) is 15.1 Å². The van der Waals surface area contributed by atoms with Gasteiger partial charge in [-0.25, -0.2) is 23.8 Å². The first kappa shape index (κ1) is 24.6. The molecule has 0 unspecified atom stereocenters. The first-order valence-electron chi connectivity index (χ1n) is 12.3. The van der Waals surface area contributed by atoms with Crippen LogP contribution < -0.4 is 4.74 Å². The summed E-state index contributed by atoms with van der Waals surface area (Å²) in [6.07, 6.45) is 4.28. The topological polar surface area (TPSA) is 96.9 Å². The predicted molar refractivity (Wildman–Crippen MR) is 134 cm³/mol. The Bertz CT molecular complexity index is 1440. The van der Waals surface area contributed by atoms with Crippen LogP contribution in [0.25, 0.3) is 17.1 Å². The molecule has 5 rings (SSSR count). The van der Waals surface area contributed by atoms with E-state index in [4.69, 9.17) is 14.6 Å². The highest BCUT2D eigenvalue weighted by Crippen LogP contribution is 2.37. The molecule has 3 aromatic heterocycles. The minimum atomic E-state index is -0.403. The summed E-state index contributed by atoms with van der Waals surface area (Å²) in [6.45, 7) is 6.43.